The Morgan fingerprint density at radius 1 is 1.10 bits per heavy atom. The van der Waals surface area contributed by atoms with E-state index in [0.29, 0.717) is 5.56 Å². The molecule has 0 fully saturated rings. The Balaban J connectivity index is 2.31. The molecule has 2 N–H and O–H groups in total. The summed E-state index contributed by atoms with van der Waals surface area (Å²) in [6.45, 7) is 0. The lowest BCUT2D eigenvalue weighted by molar-refractivity contribution is -0.137. The van der Waals surface area contributed by atoms with Crippen molar-refractivity contribution in [2.75, 3.05) is 5.73 Å². The molecule has 2 rings (SSSR count). The summed E-state index contributed by atoms with van der Waals surface area (Å²) in [6.07, 6.45) is -4.77. The second-order valence-electron chi connectivity index (χ2n) is 4.53. The number of hydrogen-bond donors (Lipinski definition) is 1. The molecule has 0 heterocycles. The molecule has 110 valence electrons. The van der Waals surface area contributed by atoms with Gasteiger partial charge in [0.25, 0.3) is 0 Å². The van der Waals surface area contributed by atoms with Crippen LogP contribution in [-0.4, -0.2) is 5.78 Å². The molecule has 0 amide bonds. The second kappa shape index (κ2) is 5.55. The number of halogens is 4. The van der Waals surface area contributed by atoms with Crippen LogP contribution in [0.2, 0.25) is 0 Å². The number of nitrogens with two attached hydrogens (primary N) is 1. The van der Waals surface area contributed by atoms with E-state index < -0.39 is 23.3 Å². The molecule has 2 aromatic carbocycles. The average Bonchev–Trinajstić information content (AvgIpc) is 2.37. The van der Waals surface area contributed by atoms with Crippen molar-refractivity contribution in [1.82, 2.24) is 0 Å². The maximum absolute atomic E-state index is 13.0. The van der Waals surface area contributed by atoms with Gasteiger partial charge >= 0.3 is 6.18 Å². The number of ketones is 1. The summed E-state index contributed by atoms with van der Waals surface area (Å²) >= 11 is 0. The first-order valence-electron chi connectivity index (χ1n) is 6.02. The molecule has 0 saturated heterocycles. The summed E-state index contributed by atoms with van der Waals surface area (Å²) in [5.74, 6) is -1.11. The fourth-order valence-corrected chi connectivity index (χ4v) is 1.90. The molecule has 0 atom stereocenters. The smallest absolute Gasteiger partial charge is 0.398 e. The van der Waals surface area contributed by atoms with Crippen LogP contribution in [0.5, 0.6) is 0 Å². The zero-order valence-electron chi connectivity index (χ0n) is 10.7. The van der Waals surface area contributed by atoms with E-state index in [9.17, 15) is 22.4 Å². The van der Waals surface area contributed by atoms with Crippen LogP contribution in [0, 0.1) is 5.82 Å². The zero-order valence-corrected chi connectivity index (χ0v) is 10.7. The summed E-state index contributed by atoms with van der Waals surface area (Å²) in [6, 6.07) is 7.89. The molecular weight excluding hydrogens is 286 g/mol. The Morgan fingerprint density at radius 2 is 1.81 bits per heavy atom. The van der Waals surface area contributed by atoms with Crippen molar-refractivity contribution in [1.29, 1.82) is 0 Å². The number of alkyl halides is 3. The van der Waals surface area contributed by atoms with Crippen molar-refractivity contribution in [2.24, 2.45) is 0 Å². The summed E-state index contributed by atoms with van der Waals surface area (Å²) in [7, 11) is 0. The summed E-state index contributed by atoms with van der Waals surface area (Å²) in [5.41, 5.74) is 4.73. The van der Waals surface area contributed by atoms with E-state index in [-0.39, 0.29) is 17.7 Å². The number of anilines is 1. The lowest BCUT2D eigenvalue weighted by atomic mass is 9.99. The van der Waals surface area contributed by atoms with Gasteiger partial charge in [0.15, 0.2) is 5.78 Å². The maximum atomic E-state index is 13.0. The van der Waals surface area contributed by atoms with Crippen LogP contribution in [0.15, 0.2) is 42.5 Å². The largest absolute Gasteiger partial charge is 0.416 e. The van der Waals surface area contributed by atoms with Crippen LogP contribution >= 0.6 is 0 Å². The SMILES string of the molecule is Nc1ccc(C(F)(F)F)cc1C(=O)Cc1cccc(F)c1. The number of hydrogen-bond acceptors (Lipinski definition) is 2. The molecule has 0 unspecified atom stereocenters. The highest BCUT2D eigenvalue weighted by Gasteiger charge is 2.31. The van der Waals surface area contributed by atoms with E-state index in [2.05, 4.69) is 0 Å². The van der Waals surface area contributed by atoms with Crippen molar-refractivity contribution < 1.29 is 22.4 Å². The van der Waals surface area contributed by atoms with Gasteiger partial charge in [-0.25, -0.2) is 4.39 Å². The van der Waals surface area contributed by atoms with Crippen LogP contribution in [-0.2, 0) is 12.6 Å². The van der Waals surface area contributed by atoms with E-state index in [1.165, 1.54) is 18.2 Å². The van der Waals surface area contributed by atoms with Crippen LogP contribution in [0.1, 0.15) is 21.5 Å². The van der Waals surface area contributed by atoms with Crippen molar-refractivity contribution in [3.8, 4) is 0 Å². The van der Waals surface area contributed by atoms with Crippen LogP contribution in [0.3, 0.4) is 0 Å². The Bertz CT molecular complexity index is 680. The van der Waals surface area contributed by atoms with Gasteiger partial charge in [-0.2, -0.15) is 13.2 Å². The third kappa shape index (κ3) is 3.59. The molecule has 0 aliphatic rings. The van der Waals surface area contributed by atoms with E-state index in [1.54, 1.807) is 0 Å². The van der Waals surface area contributed by atoms with Crippen LogP contribution in [0.4, 0.5) is 23.2 Å². The monoisotopic (exact) mass is 297 g/mol. The molecule has 0 saturated carbocycles. The van der Waals surface area contributed by atoms with E-state index in [4.69, 9.17) is 5.73 Å². The Morgan fingerprint density at radius 3 is 2.43 bits per heavy atom. The van der Waals surface area contributed by atoms with E-state index in [0.717, 1.165) is 24.3 Å². The first kappa shape index (κ1) is 15.0. The number of carbonyl (C=O) groups is 1. The Labute approximate surface area is 118 Å². The van der Waals surface area contributed by atoms with Crippen LogP contribution in [0.25, 0.3) is 0 Å². The summed E-state index contributed by atoms with van der Waals surface area (Å²) < 4.78 is 51.0. The zero-order chi connectivity index (χ0) is 15.6. The normalized spacial score (nSPS) is 11.4. The maximum Gasteiger partial charge on any atom is 0.416 e. The topological polar surface area (TPSA) is 43.1 Å². The van der Waals surface area contributed by atoms with Crippen molar-refractivity contribution in [3.63, 3.8) is 0 Å². The van der Waals surface area contributed by atoms with E-state index >= 15 is 0 Å². The van der Waals surface area contributed by atoms with Gasteiger partial charge < -0.3 is 5.73 Å². The van der Waals surface area contributed by atoms with Gasteiger partial charge in [0, 0.05) is 17.7 Å². The first-order chi connectivity index (χ1) is 9.77. The molecule has 0 radical (unpaired) electrons. The minimum absolute atomic E-state index is 0.0376. The summed E-state index contributed by atoms with van der Waals surface area (Å²) in [5, 5.41) is 0. The standard InChI is InChI=1S/C15H11F4NO/c16-11-3-1-2-9(6-11)7-14(21)12-8-10(15(17,18)19)4-5-13(12)20/h1-6,8H,7,20H2. The van der Waals surface area contributed by atoms with Gasteiger partial charge in [-0.1, -0.05) is 12.1 Å². The minimum Gasteiger partial charge on any atom is -0.398 e. The third-order valence-corrected chi connectivity index (χ3v) is 2.93. The molecule has 2 aromatic rings. The fourth-order valence-electron chi connectivity index (χ4n) is 1.90. The van der Waals surface area contributed by atoms with Crippen molar-refractivity contribution in [3.05, 3.63) is 65.0 Å². The van der Waals surface area contributed by atoms with Gasteiger partial charge in [0.05, 0.1) is 5.56 Å². The highest BCUT2D eigenvalue weighted by atomic mass is 19.4. The van der Waals surface area contributed by atoms with Gasteiger partial charge in [-0.3, -0.25) is 4.79 Å². The van der Waals surface area contributed by atoms with Crippen molar-refractivity contribution in [2.45, 2.75) is 12.6 Å². The molecule has 2 nitrogen and oxygen atoms in total. The molecule has 0 spiro atoms. The number of nitrogen functional groups attached to an aromatic ring is 1. The number of benzene rings is 2. The van der Waals surface area contributed by atoms with Gasteiger partial charge in [-0.15, -0.1) is 0 Å². The molecule has 0 aliphatic heterocycles. The lowest BCUT2D eigenvalue weighted by Crippen LogP contribution is -2.11. The lowest BCUT2D eigenvalue weighted by Gasteiger charge is -2.10. The first-order valence-corrected chi connectivity index (χ1v) is 6.02. The quantitative estimate of drug-likeness (QED) is 0.531. The number of Topliss-reactive ketones (excluding diaryl/α,β-unsaturated/α-hetero) is 1. The highest BCUT2D eigenvalue weighted by Crippen LogP contribution is 2.31. The second-order valence-corrected chi connectivity index (χ2v) is 4.53. The predicted molar refractivity (Wildman–Crippen MR) is 70.3 cm³/mol. The molecule has 6 heteroatoms. The molecule has 0 bridgehead atoms. The number of rotatable bonds is 3. The summed E-state index contributed by atoms with van der Waals surface area (Å²) in [4.78, 5) is 12.1. The van der Waals surface area contributed by atoms with Gasteiger partial charge in [0.1, 0.15) is 5.82 Å². The Hall–Kier alpha value is -2.37. The number of carbonyl (C=O) groups excluding carboxylic acids is 1. The van der Waals surface area contributed by atoms with Gasteiger partial charge in [-0.05, 0) is 35.9 Å². The van der Waals surface area contributed by atoms with Gasteiger partial charge in [0.2, 0.25) is 0 Å². The molecular formula is C15H11F4NO. The van der Waals surface area contributed by atoms with E-state index in [1.807, 2.05) is 0 Å². The predicted octanol–water partition coefficient (Wildman–Crippen LogP) is 3.85. The molecule has 0 aromatic heterocycles. The average molecular weight is 297 g/mol. The molecule has 21 heavy (non-hydrogen) atoms. The Kier molecular flexibility index (Phi) is 3.97. The highest BCUT2D eigenvalue weighted by molar-refractivity contribution is 6.02. The fraction of sp³-hybridized carbons (Fsp3) is 0.133. The molecule has 0 aliphatic carbocycles. The van der Waals surface area contributed by atoms with Crippen molar-refractivity contribution >= 4 is 11.5 Å². The van der Waals surface area contributed by atoms with Crippen LogP contribution < -0.4 is 5.73 Å². The minimum atomic E-state index is -4.55. The third-order valence-electron chi connectivity index (χ3n) is 2.93.